The van der Waals surface area contributed by atoms with Crippen LogP contribution in [0.2, 0.25) is 0 Å². The Morgan fingerprint density at radius 2 is 2.03 bits per heavy atom. The summed E-state index contributed by atoms with van der Waals surface area (Å²) < 4.78 is 13.8. The van der Waals surface area contributed by atoms with E-state index in [9.17, 15) is 19.4 Å². The predicted octanol–water partition coefficient (Wildman–Crippen LogP) is 4.63. The number of carbonyl (C=O) groups excluding carboxylic acids is 1. The van der Waals surface area contributed by atoms with E-state index in [0.29, 0.717) is 44.3 Å². The monoisotopic (exact) mass is 458 g/mol. The molecular formula is C27H39FN2O3. The van der Waals surface area contributed by atoms with Crippen LogP contribution in [0.15, 0.2) is 71.8 Å². The maximum atomic E-state index is 13.8. The first-order valence-electron chi connectivity index (χ1n) is 11.8. The van der Waals surface area contributed by atoms with Crippen molar-refractivity contribution in [3.05, 3.63) is 71.8 Å². The number of hydrogen-bond acceptors (Lipinski definition) is 4. The SMILES string of the molecule is C=C/C=C(F)\C=C(/C)C1(O)CCCN(CC(O)C/C(C)=C/CC2=C(C=C)NC(=O)CC2)CC1. The standard InChI is InChI=1S/C27H39FN2O3/c1-5-8-23(28)18-21(4)27(33)13-7-15-30(16-14-27)19-24(31)17-20(3)9-10-22-11-12-26(32)29-25(22)6-2/h5-6,8-9,18,24,31,33H,1-2,7,10-17,19H2,3-4H3,(H,29,32)/b20-9+,21-18+,23-8+. The van der Waals surface area contributed by atoms with E-state index in [2.05, 4.69) is 29.5 Å². The van der Waals surface area contributed by atoms with Crippen molar-refractivity contribution in [2.24, 2.45) is 0 Å². The highest BCUT2D eigenvalue weighted by atomic mass is 19.1. The van der Waals surface area contributed by atoms with E-state index >= 15 is 0 Å². The lowest BCUT2D eigenvalue weighted by molar-refractivity contribution is -0.120. The van der Waals surface area contributed by atoms with Gasteiger partial charge in [-0.2, -0.15) is 0 Å². The maximum Gasteiger partial charge on any atom is 0.224 e. The number of nitrogens with one attached hydrogen (secondary N) is 1. The molecular weight excluding hydrogens is 419 g/mol. The van der Waals surface area contributed by atoms with Crippen LogP contribution in [-0.4, -0.2) is 52.4 Å². The molecule has 182 valence electrons. The molecule has 2 aliphatic rings. The molecule has 6 heteroatoms. The van der Waals surface area contributed by atoms with E-state index in [1.807, 2.05) is 6.92 Å². The number of likely N-dealkylation sites (tertiary alicyclic amines) is 1. The van der Waals surface area contributed by atoms with Crippen molar-refractivity contribution in [2.75, 3.05) is 19.6 Å². The fourth-order valence-electron chi connectivity index (χ4n) is 4.48. The summed E-state index contributed by atoms with van der Waals surface area (Å²) in [6.07, 6.45) is 11.7. The summed E-state index contributed by atoms with van der Waals surface area (Å²) in [6.45, 7) is 13.0. The van der Waals surface area contributed by atoms with Crippen LogP contribution in [0.4, 0.5) is 4.39 Å². The Balaban J connectivity index is 1.89. The van der Waals surface area contributed by atoms with Gasteiger partial charge in [-0.15, -0.1) is 0 Å². The molecule has 0 aromatic carbocycles. The van der Waals surface area contributed by atoms with Crippen LogP contribution in [0.5, 0.6) is 0 Å². The largest absolute Gasteiger partial charge is 0.391 e. The van der Waals surface area contributed by atoms with Crippen molar-refractivity contribution in [1.29, 1.82) is 0 Å². The Morgan fingerprint density at radius 3 is 2.73 bits per heavy atom. The van der Waals surface area contributed by atoms with Gasteiger partial charge >= 0.3 is 0 Å². The molecule has 1 amide bonds. The third kappa shape index (κ3) is 8.54. The van der Waals surface area contributed by atoms with Gasteiger partial charge in [0.05, 0.1) is 11.7 Å². The van der Waals surface area contributed by atoms with Gasteiger partial charge in [0.1, 0.15) is 5.83 Å². The third-order valence-corrected chi connectivity index (χ3v) is 6.51. The number of β-amino-alcohol motifs (C(OH)–C–C–N with tert-alkyl or cyclic N) is 1. The summed E-state index contributed by atoms with van der Waals surface area (Å²) in [7, 11) is 0. The van der Waals surface area contributed by atoms with E-state index < -0.39 is 17.5 Å². The normalized spacial score (nSPS) is 24.9. The molecule has 2 unspecified atom stereocenters. The Labute approximate surface area is 197 Å². The van der Waals surface area contributed by atoms with Gasteiger partial charge in [0.25, 0.3) is 0 Å². The molecule has 0 spiro atoms. The van der Waals surface area contributed by atoms with Gasteiger partial charge in [0.2, 0.25) is 5.91 Å². The minimum Gasteiger partial charge on any atom is -0.391 e. The van der Waals surface area contributed by atoms with Gasteiger partial charge in [0, 0.05) is 25.2 Å². The number of halogens is 1. The average molecular weight is 459 g/mol. The van der Waals surface area contributed by atoms with Crippen molar-refractivity contribution in [2.45, 2.75) is 70.5 Å². The first-order valence-corrected chi connectivity index (χ1v) is 11.8. The molecule has 2 aliphatic heterocycles. The van der Waals surface area contributed by atoms with Gasteiger partial charge < -0.3 is 20.4 Å². The van der Waals surface area contributed by atoms with E-state index in [1.54, 1.807) is 13.0 Å². The smallest absolute Gasteiger partial charge is 0.224 e. The summed E-state index contributed by atoms with van der Waals surface area (Å²) in [5, 5.41) is 24.6. The lowest BCUT2D eigenvalue weighted by Gasteiger charge is -2.28. The Morgan fingerprint density at radius 1 is 1.27 bits per heavy atom. The van der Waals surface area contributed by atoms with Crippen LogP contribution in [0.3, 0.4) is 0 Å². The van der Waals surface area contributed by atoms with Crippen molar-refractivity contribution in [3.63, 3.8) is 0 Å². The second-order valence-electron chi connectivity index (χ2n) is 9.18. The number of aliphatic hydroxyl groups excluding tert-OH is 1. The molecule has 2 rings (SSSR count). The van der Waals surface area contributed by atoms with Gasteiger partial charge in [0.15, 0.2) is 0 Å². The highest BCUT2D eigenvalue weighted by Crippen LogP contribution is 2.31. The van der Waals surface area contributed by atoms with Crippen LogP contribution >= 0.6 is 0 Å². The Bertz CT molecular complexity index is 855. The van der Waals surface area contributed by atoms with Crippen LogP contribution in [0.1, 0.15) is 58.8 Å². The number of nitrogens with zero attached hydrogens (tertiary/aromatic N) is 1. The first kappa shape index (κ1) is 27.0. The first-order chi connectivity index (χ1) is 15.7. The molecule has 0 aromatic heterocycles. The zero-order valence-electron chi connectivity index (χ0n) is 20.1. The molecule has 5 nitrogen and oxygen atoms in total. The highest BCUT2D eigenvalue weighted by Gasteiger charge is 2.32. The molecule has 3 N–H and O–H groups in total. The topological polar surface area (TPSA) is 72.8 Å². The summed E-state index contributed by atoms with van der Waals surface area (Å²) >= 11 is 0. The number of hydrogen-bond donors (Lipinski definition) is 3. The zero-order valence-corrected chi connectivity index (χ0v) is 20.1. The van der Waals surface area contributed by atoms with Gasteiger partial charge in [-0.25, -0.2) is 4.39 Å². The van der Waals surface area contributed by atoms with Crippen LogP contribution in [0.25, 0.3) is 0 Å². The fourth-order valence-corrected chi connectivity index (χ4v) is 4.48. The Hall–Kier alpha value is -2.28. The van der Waals surface area contributed by atoms with Gasteiger partial charge in [-0.05, 0) is 88.3 Å². The fraction of sp³-hybridized carbons (Fsp3) is 0.519. The lowest BCUT2D eigenvalue weighted by Crippen LogP contribution is -2.35. The average Bonchev–Trinajstić information content (AvgIpc) is 2.95. The zero-order chi connectivity index (χ0) is 24.4. The second-order valence-corrected chi connectivity index (χ2v) is 9.18. The molecule has 1 saturated heterocycles. The van der Waals surface area contributed by atoms with Crippen molar-refractivity contribution in [3.8, 4) is 0 Å². The summed E-state index contributed by atoms with van der Waals surface area (Å²) in [5.41, 5.74) is 2.65. The van der Waals surface area contributed by atoms with E-state index in [-0.39, 0.29) is 5.91 Å². The quantitative estimate of drug-likeness (QED) is 0.330. The number of aliphatic hydroxyl groups is 2. The number of allylic oxidation sites excluding steroid dienone is 7. The number of amides is 1. The molecule has 1 fully saturated rings. The van der Waals surface area contributed by atoms with Gasteiger partial charge in [-0.3, -0.25) is 4.79 Å². The third-order valence-electron chi connectivity index (χ3n) is 6.51. The molecule has 0 bridgehead atoms. The van der Waals surface area contributed by atoms with Gasteiger partial charge in [-0.1, -0.05) is 30.9 Å². The second kappa shape index (κ2) is 12.8. The Kier molecular flexibility index (Phi) is 10.5. The van der Waals surface area contributed by atoms with Crippen LogP contribution in [-0.2, 0) is 4.79 Å². The molecule has 0 aromatic rings. The maximum absolute atomic E-state index is 13.8. The van der Waals surface area contributed by atoms with E-state index in [0.717, 1.165) is 42.7 Å². The molecule has 0 radical (unpaired) electrons. The molecule has 33 heavy (non-hydrogen) atoms. The summed E-state index contributed by atoms with van der Waals surface area (Å²) in [6, 6.07) is 0. The van der Waals surface area contributed by atoms with E-state index in [1.165, 1.54) is 18.2 Å². The van der Waals surface area contributed by atoms with Crippen LogP contribution in [0, 0.1) is 0 Å². The molecule has 2 heterocycles. The van der Waals surface area contributed by atoms with Crippen molar-refractivity contribution in [1.82, 2.24) is 10.2 Å². The summed E-state index contributed by atoms with van der Waals surface area (Å²) in [5.74, 6) is -0.389. The molecule has 2 atom stereocenters. The lowest BCUT2D eigenvalue weighted by atomic mass is 9.87. The highest BCUT2D eigenvalue weighted by molar-refractivity contribution is 5.80. The van der Waals surface area contributed by atoms with Crippen LogP contribution < -0.4 is 5.32 Å². The van der Waals surface area contributed by atoms with Crippen molar-refractivity contribution < 1.29 is 19.4 Å². The minimum absolute atomic E-state index is 0.0261. The minimum atomic E-state index is -1.03. The number of rotatable bonds is 10. The van der Waals surface area contributed by atoms with E-state index in [4.69, 9.17) is 0 Å². The number of carbonyl (C=O) groups is 1. The predicted molar refractivity (Wildman–Crippen MR) is 132 cm³/mol. The molecule has 0 saturated carbocycles. The van der Waals surface area contributed by atoms with Crippen molar-refractivity contribution >= 4 is 5.91 Å². The molecule has 0 aliphatic carbocycles. The summed E-state index contributed by atoms with van der Waals surface area (Å²) in [4.78, 5) is 13.7.